The van der Waals surface area contributed by atoms with Gasteiger partial charge in [0, 0.05) is 12.0 Å². The number of aliphatic carboxylic acids is 1. The van der Waals surface area contributed by atoms with Gasteiger partial charge in [-0.2, -0.15) is 0 Å². The molecule has 0 fully saturated rings. The summed E-state index contributed by atoms with van der Waals surface area (Å²) in [5, 5.41) is 8.63. The van der Waals surface area contributed by atoms with Crippen molar-refractivity contribution in [1.29, 1.82) is 0 Å². The van der Waals surface area contributed by atoms with Gasteiger partial charge >= 0.3 is 5.97 Å². The molecule has 0 amide bonds. The molecule has 2 aromatic rings. The molecule has 20 heavy (non-hydrogen) atoms. The Balaban J connectivity index is 2.27. The Hall–Kier alpha value is -2.42. The van der Waals surface area contributed by atoms with Gasteiger partial charge in [-0.05, 0) is 29.7 Å². The molecule has 0 bridgehead atoms. The number of ketones is 1. The zero-order chi connectivity index (χ0) is 14.5. The number of aryl methyl sites for hydroxylation is 1. The second-order valence-corrected chi connectivity index (χ2v) is 4.71. The van der Waals surface area contributed by atoms with Crippen LogP contribution < -0.4 is 0 Å². The Kier molecular flexibility index (Phi) is 4.31. The van der Waals surface area contributed by atoms with Crippen LogP contribution in [0.1, 0.15) is 28.8 Å². The number of Topliss-reactive ketones (excluding diaryl/α,β-unsaturated/α-hetero) is 1. The minimum atomic E-state index is -0.951. The molecule has 0 heterocycles. The van der Waals surface area contributed by atoms with Crippen molar-refractivity contribution in [3.8, 4) is 11.1 Å². The van der Waals surface area contributed by atoms with E-state index in [1.807, 2.05) is 49.4 Å². The lowest BCUT2D eigenvalue weighted by molar-refractivity contribution is -0.136. The van der Waals surface area contributed by atoms with Crippen molar-refractivity contribution in [2.75, 3.05) is 0 Å². The standard InChI is InChI=1S/C17H16O3/c1-12-5-2-3-8-15(12)13-6-4-7-14(11-13)16(18)9-10-17(19)20/h2-8,11H,9-10H2,1H3,(H,19,20). The molecular weight excluding hydrogens is 252 g/mol. The minimum absolute atomic E-state index is 0.0343. The predicted octanol–water partition coefficient (Wildman–Crippen LogP) is 3.71. The predicted molar refractivity (Wildman–Crippen MR) is 77.8 cm³/mol. The van der Waals surface area contributed by atoms with E-state index in [0.29, 0.717) is 5.56 Å². The third-order valence-corrected chi connectivity index (χ3v) is 3.21. The van der Waals surface area contributed by atoms with Gasteiger partial charge in [-0.25, -0.2) is 0 Å². The molecule has 0 aliphatic rings. The average molecular weight is 268 g/mol. The summed E-state index contributed by atoms with van der Waals surface area (Å²) in [5.74, 6) is -1.09. The van der Waals surface area contributed by atoms with E-state index in [9.17, 15) is 9.59 Å². The van der Waals surface area contributed by atoms with Crippen molar-refractivity contribution in [3.05, 3.63) is 59.7 Å². The maximum Gasteiger partial charge on any atom is 0.303 e. The van der Waals surface area contributed by atoms with E-state index in [1.54, 1.807) is 6.07 Å². The van der Waals surface area contributed by atoms with E-state index in [4.69, 9.17) is 5.11 Å². The second-order valence-electron chi connectivity index (χ2n) is 4.71. The van der Waals surface area contributed by atoms with Crippen LogP contribution in [0.2, 0.25) is 0 Å². The average Bonchev–Trinajstić information content (AvgIpc) is 2.45. The van der Waals surface area contributed by atoms with Crippen LogP contribution in [0.25, 0.3) is 11.1 Å². The number of hydrogen-bond donors (Lipinski definition) is 1. The first kappa shape index (κ1) is 14.0. The van der Waals surface area contributed by atoms with Crippen molar-refractivity contribution in [1.82, 2.24) is 0 Å². The molecule has 2 rings (SSSR count). The van der Waals surface area contributed by atoms with Crippen molar-refractivity contribution >= 4 is 11.8 Å². The SMILES string of the molecule is Cc1ccccc1-c1cccc(C(=O)CCC(=O)O)c1. The maximum absolute atomic E-state index is 12.0. The number of carboxylic acid groups (broad SMARTS) is 1. The van der Waals surface area contributed by atoms with Crippen LogP contribution in [0.4, 0.5) is 0 Å². The van der Waals surface area contributed by atoms with Crippen LogP contribution in [0, 0.1) is 6.92 Å². The lowest BCUT2D eigenvalue weighted by Gasteiger charge is -2.07. The molecule has 0 aliphatic carbocycles. The van der Waals surface area contributed by atoms with Crippen LogP contribution >= 0.6 is 0 Å². The topological polar surface area (TPSA) is 54.4 Å². The maximum atomic E-state index is 12.0. The zero-order valence-electron chi connectivity index (χ0n) is 11.3. The van der Waals surface area contributed by atoms with E-state index < -0.39 is 5.97 Å². The van der Waals surface area contributed by atoms with Gasteiger partial charge in [0.2, 0.25) is 0 Å². The van der Waals surface area contributed by atoms with Crippen molar-refractivity contribution in [2.24, 2.45) is 0 Å². The molecule has 0 aliphatic heterocycles. The summed E-state index contributed by atoms with van der Waals surface area (Å²) in [6.45, 7) is 2.02. The third-order valence-electron chi connectivity index (χ3n) is 3.21. The van der Waals surface area contributed by atoms with Gasteiger partial charge in [0.15, 0.2) is 5.78 Å². The molecule has 0 radical (unpaired) electrons. The van der Waals surface area contributed by atoms with Crippen LogP contribution in [-0.2, 0) is 4.79 Å². The molecule has 0 aromatic heterocycles. The van der Waals surface area contributed by atoms with Crippen LogP contribution in [0.15, 0.2) is 48.5 Å². The molecule has 0 saturated heterocycles. The van der Waals surface area contributed by atoms with Gasteiger partial charge in [-0.1, -0.05) is 42.5 Å². The van der Waals surface area contributed by atoms with Crippen molar-refractivity contribution < 1.29 is 14.7 Å². The molecule has 0 unspecified atom stereocenters. The molecular formula is C17H16O3. The molecule has 3 nitrogen and oxygen atoms in total. The third kappa shape index (κ3) is 3.32. The summed E-state index contributed by atoms with van der Waals surface area (Å²) in [4.78, 5) is 22.5. The van der Waals surface area contributed by atoms with E-state index in [0.717, 1.165) is 16.7 Å². The fourth-order valence-corrected chi connectivity index (χ4v) is 2.12. The van der Waals surface area contributed by atoms with Gasteiger partial charge in [-0.15, -0.1) is 0 Å². The molecule has 3 heteroatoms. The van der Waals surface area contributed by atoms with Crippen LogP contribution in [0.3, 0.4) is 0 Å². The minimum Gasteiger partial charge on any atom is -0.481 e. The smallest absolute Gasteiger partial charge is 0.303 e. The first-order valence-corrected chi connectivity index (χ1v) is 6.49. The summed E-state index contributed by atoms with van der Waals surface area (Å²) >= 11 is 0. The summed E-state index contributed by atoms with van der Waals surface area (Å²) < 4.78 is 0. The highest BCUT2D eigenvalue weighted by atomic mass is 16.4. The Morgan fingerprint density at radius 2 is 1.75 bits per heavy atom. The Morgan fingerprint density at radius 1 is 1.00 bits per heavy atom. The first-order valence-electron chi connectivity index (χ1n) is 6.49. The normalized spacial score (nSPS) is 10.2. The number of rotatable bonds is 5. The fraction of sp³-hybridized carbons (Fsp3) is 0.176. The Bertz CT molecular complexity index is 644. The summed E-state index contributed by atoms with van der Waals surface area (Å²) in [6.07, 6.45) is -0.0972. The van der Waals surface area contributed by atoms with Crippen molar-refractivity contribution in [2.45, 2.75) is 19.8 Å². The monoisotopic (exact) mass is 268 g/mol. The van der Waals surface area contributed by atoms with E-state index in [-0.39, 0.29) is 18.6 Å². The highest BCUT2D eigenvalue weighted by Crippen LogP contribution is 2.24. The molecule has 0 spiro atoms. The number of carbonyl (C=O) groups excluding carboxylic acids is 1. The highest BCUT2D eigenvalue weighted by Gasteiger charge is 2.10. The summed E-state index contributed by atoms with van der Waals surface area (Å²) in [7, 11) is 0. The van der Waals surface area contributed by atoms with Gasteiger partial charge in [0.1, 0.15) is 0 Å². The summed E-state index contributed by atoms with van der Waals surface area (Å²) in [5.41, 5.74) is 3.76. The van der Waals surface area contributed by atoms with Crippen LogP contribution in [0.5, 0.6) is 0 Å². The lowest BCUT2D eigenvalue weighted by atomic mass is 9.97. The van der Waals surface area contributed by atoms with Gasteiger partial charge in [-0.3, -0.25) is 9.59 Å². The highest BCUT2D eigenvalue weighted by molar-refractivity contribution is 5.98. The largest absolute Gasteiger partial charge is 0.481 e. The van der Waals surface area contributed by atoms with Gasteiger partial charge < -0.3 is 5.11 Å². The van der Waals surface area contributed by atoms with E-state index in [1.165, 1.54) is 0 Å². The number of carboxylic acids is 1. The number of hydrogen-bond acceptors (Lipinski definition) is 2. The first-order chi connectivity index (χ1) is 9.58. The van der Waals surface area contributed by atoms with Crippen molar-refractivity contribution in [3.63, 3.8) is 0 Å². The molecule has 102 valence electrons. The lowest BCUT2D eigenvalue weighted by Crippen LogP contribution is -2.03. The van der Waals surface area contributed by atoms with Crippen LogP contribution in [-0.4, -0.2) is 16.9 Å². The summed E-state index contributed by atoms with van der Waals surface area (Å²) in [6, 6.07) is 15.3. The van der Waals surface area contributed by atoms with E-state index in [2.05, 4.69) is 0 Å². The fourth-order valence-electron chi connectivity index (χ4n) is 2.12. The molecule has 0 atom stereocenters. The molecule has 1 N–H and O–H groups in total. The van der Waals surface area contributed by atoms with Gasteiger partial charge in [0.05, 0.1) is 6.42 Å². The molecule has 2 aromatic carbocycles. The second kappa shape index (κ2) is 6.15. The zero-order valence-corrected chi connectivity index (χ0v) is 11.3. The van der Waals surface area contributed by atoms with E-state index >= 15 is 0 Å². The van der Waals surface area contributed by atoms with Gasteiger partial charge in [0.25, 0.3) is 0 Å². The molecule has 0 saturated carbocycles. The number of benzene rings is 2. The Morgan fingerprint density at radius 3 is 2.45 bits per heavy atom. The Labute approximate surface area is 117 Å². The number of carbonyl (C=O) groups is 2. The quantitative estimate of drug-likeness (QED) is 0.841.